The number of methoxy groups -OCH3 is 1. The van der Waals surface area contributed by atoms with Crippen LogP contribution < -0.4 is 5.32 Å². The lowest BCUT2D eigenvalue weighted by molar-refractivity contribution is -0.140. The normalized spacial score (nSPS) is 11.3. The van der Waals surface area contributed by atoms with Crippen LogP contribution in [-0.4, -0.2) is 44.9 Å². The zero-order valence-electron chi connectivity index (χ0n) is 15.4. The summed E-state index contributed by atoms with van der Waals surface area (Å²) in [5, 5.41) is 2.54. The van der Waals surface area contributed by atoms with Crippen molar-refractivity contribution >= 4 is 21.9 Å². The molecule has 7 nitrogen and oxygen atoms in total. The fourth-order valence-corrected chi connectivity index (χ4v) is 3.55. The molecule has 0 aliphatic heterocycles. The lowest BCUT2D eigenvalue weighted by Crippen LogP contribution is -2.44. The summed E-state index contributed by atoms with van der Waals surface area (Å²) in [5.41, 5.74) is 2.30. The third kappa shape index (κ3) is 5.38. The molecule has 0 aliphatic rings. The molecule has 0 atom stereocenters. The maximum atomic E-state index is 12.9. The van der Waals surface area contributed by atoms with Crippen LogP contribution in [0.4, 0.5) is 0 Å². The number of carbonyl (C=O) groups excluding carboxylic acids is 2. The van der Waals surface area contributed by atoms with E-state index in [1.165, 1.54) is 19.2 Å². The van der Waals surface area contributed by atoms with Crippen LogP contribution >= 0.6 is 0 Å². The molecule has 1 amide bonds. The van der Waals surface area contributed by atoms with Gasteiger partial charge in [0.1, 0.15) is 6.54 Å². The Hall–Kier alpha value is -2.71. The molecule has 0 aliphatic carbocycles. The molecule has 8 heteroatoms. The Bertz CT molecular complexity index is 906. The van der Waals surface area contributed by atoms with E-state index in [1.54, 1.807) is 36.4 Å². The van der Waals surface area contributed by atoms with Crippen molar-refractivity contribution in [3.8, 4) is 0 Å². The topological polar surface area (TPSA) is 92.8 Å². The number of aryl methyl sites for hydroxylation is 2. The number of rotatable bonds is 7. The summed E-state index contributed by atoms with van der Waals surface area (Å²) in [4.78, 5) is 24.0. The van der Waals surface area contributed by atoms with Gasteiger partial charge in [0, 0.05) is 5.56 Å². The van der Waals surface area contributed by atoms with Crippen molar-refractivity contribution in [2.24, 2.45) is 0 Å². The van der Waals surface area contributed by atoms with Gasteiger partial charge in [0.25, 0.3) is 5.91 Å². The molecule has 0 fully saturated rings. The zero-order valence-corrected chi connectivity index (χ0v) is 16.2. The predicted octanol–water partition coefficient (Wildman–Crippen LogP) is 1.85. The summed E-state index contributed by atoms with van der Waals surface area (Å²) in [6, 6.07) is 13.1. The second-order valence-corrected chi connectivity index (χ2v) is 7.97. The molecule has 0 radical (unpaired) electrons. The molecule has 2 aromatic carbocycles. The van der Waals surface area contributed by atoms with Crippen molar-refractivity contribution in [2.75, 3.05) is 20.3 Å². The first-order chi connectivity index (χ1) is 12.7. The van der Waals surface area contributed by atoms with Crippen LogP contribution in [0.5, 0.6) is 0 Å². The van der Waals surface area contributed by atoms with E-state index in [0.29, 0.717) is 5.56 Å². The standard InChI is InChI=1S/C19H22N2O5S/c1-14-4-8-16(9-5-14)19(23)20-13-21(12-18(22)26-3)27(24,25)17-10-6-15(2)7-11-17/h4-11H,12-13H2,1-3H3,(H,20,23). The summed E-state index contributed by atoms with van der Waals surface area (Å²) in [5.74, 6) is -1.17. The summed E-state index contributed by atoms with van der Waals surface area (Å²) >= 11 is 0. The van der Waals surface area contributed by atoms with Crippen LogP contribution in [0.15, 0.2) is 53.4 Å². The molecule has 144 valence electrons. The van der Waals surface area contributed by atoms with E-state index in [0.717, 1.165) is 15.4 Å². The fraction of sp³-hybridized carbons (Fsp3) is 0.263. The highest BCUT2D eigenvalue weighted by atomic mass is 32.2. The second kappa shape index (κ2) is 8.79. The number of hydrogen-bond acceptors (Lipinski definition) is 5. The monoisotopic (exact) mass is 390 g/mol. The Morgan fingerprint density at radius 1 is 0.963 bits per heavy atom. The van der Waals surface area contributed by atoms with E-state index in [-0.39, 0.29) is 11.6 Å². The average molecular weight is 390 g/mol. The first kappa shape index (κ1) is 20.6. The lowest BCUT2D eigenvalue weighted by atomic mass is 10.1. The number of sulfonamides is 1. The molecule has 0 unspecified atom stereocenters. The highest BCUT2D eigenvalue weighted by Crippen LogP contribution is 2.16. The molecular formula is C19H22N2O5S. The first-order valence-electron chi connectivity index (χ1n) is 8.22. The summed E-state index contributed by atoms with van der Waals surface area (Å²) in [7, 11) is -2.82. The van der Waals surface area contributed by atoms with E-state index in [2.05, 4.69) is 10.1 Å². The molecule has 0 bridgehead atoms. The van der Waals surface area contributed by atoms with Crippen molar-refractivity contribution in [1.82, 2.24) is 9.62 Å². The van der Waals surface area contributed by atoms with Gasteiger partial charge in [-0.1, -0.05) is 35.4 Å². The minimum absolute atomic E-state index is 0.0292. The van der Waals surface area contributed by atoms with Gasteiger partial charge < -0.3 is 10.1 Å². The number of benzene rings is 2. The SMILES string of the molecule is COC(=O)CN(CNC(=O)c1ccc(C)cc1)S(=O)(=O)c1ccc(C)cc1. The number of amides is 1. The van der Waals surface area contributed by atoms with E-state index in [4.69, 9.17) is 0 Å². The van der Waals surface area contributed by atoms with Crippen molar-refractivity contribution in [1.29, 1.82) is 0 Å². The quantitative estimate of drug-likeness (QED) is 0.575. The largest absolute Gasteiger partial charge is 0.468 e. The van der Waals surface area contributed by atoms with Crippen LogP contribution in [0.2, 0.25) is 0 Å². The Kier molecular flexibility index (Phi) is 6.70. The van der Waals surface area contributed by atoms with Crippen LogP contribution in [-0.2, 0) is 19.6 Å². The van der Waals surface area contributed by atoms with E-state index < -0.39 is 28.4 Å². The molecule has 0 saturated heterocycles. The smallest absolute Gasteiger partial charge is 0.321 e. The highest BCUT2D eigenvalue weighted by molar-refractivity contribution is 7.89. The van der Waals surface area contributed by atoms with E-state index in [1.807, 2.05) is 13.8 Å². The Labute approximate surface area is 159 Å². The molecule has 0 saturated carbocycles. The van der Waals surface area contributed by atoms with Crippen LogP contribution in [0.25, 0.3) is 0 Å². The van der Waals surface area contributed by atoms with Crippen molar-refractivity contribution in [3.63, 3.8) is 0 Å². The molecule has 0 spiro atoms. The van der Waals surface area contributed by atoms with Gasteiger partial charge in [-0.2, -0.15) is 4.31 Å². The molecule has 2 aromatic rings. The number of hydrogen-bond donors (Lipinski definition) is 1. The van der Waals surface area contributed by atoms with Gasteiger partial charge in [0.05, 0.1) is 18.7 Å². The predicted molar refractivity (Wildman–Crippen MR) is 101 cm³/mol. The third-order valence-electron chi connectivity index (χ3n) is 3.92. The molecule has 1 N–H and O–H groups in total. The number of nitrogens with zero attached hydrogens (tertiary/aromatic N) is 1. The third-order valence-corrected chi connectivity index (χ3v) is 5.73. The maximum Gasteiger partial charge on any atom is 0.321 e. The van der Waals surface area contributed by atoms with Gasteiger partial charge in [-0.3, -0.25) is 9.59 Å². The van der Waals surface area contributed by atoms with Crippen molar-refractivity contribution < 1.29 is 22.7 Å². The summed E-state index contributed by atoms with van der Waals surface area (Å²) < 4.78 is 31.2. The Morgan fingerprint density at radius 2 is 1.48 bits per heavy atom. The van der Waals surface area contributed by atoms with Gasteiger partial charge >= 0.3 is 5.97 Å². The molecular weight excluding hydrogens is 368 g/mol. The lowest BCUT2D eigenvalue weighted by Gasteiger charge is -2.21. The fourth-order valence-electron chi connectivity index (χ4n) is 2.26. The van der Waals surface area contributed by atoms with Gasteiger partial charge in [0.2, 0.25) is 10.0 Å². The van der Waals surface area contributed by atoms with Gasteiger partial charge in [-0.05, 0) is 38.1 Å². The van der Waals surface area contributed by atoms with Gasteiger partial charge in [-0.25, -0.2) is 8.42 Å². The summed E-state index contributed by atoms with van der Waals surface area (Å²) in [6.07, 6.45) is 0. The van der Waals surface area contributed by atoms with Gasteiger partial charge in [0.15, 0.2) is 0 Å². The number of nitrogens with one attached hydrogen (secondary N) is 1. The molecule has 0 aromatic heterocycles. The highest BCUT2D eigenvalue weighted by Gasteiger charge is 2.27. The van der Waals surface area contributed by atoms with Crippen molar-refractivity contribution in [2.45, 2.75) is 18.7 Å². The average Bonchev–Trinajstić information content (AvgIpc) is 2.65. The number of esters is 1. The Morgan fingerprint density at radius 3 is 2.00 bits per heavy atom. The molecule has 27 heavy (non-hydrogen) atoms. The van der Waals surface area contributed by atoms with Crippen molar-refractivity contribution in [3.05, 3.63) is 65.2 Å². The first-order valence-corrected chi connectivity index (χ1v) is 9.66. The minimum atomic E-state index is -3.99. The van der Waals surface area contributed by atoms with Crippen LogP contribution in [0.3, 0.4) is 0 Å². The zero-order chi connectivity index (χ0) is 20.0. The van der Waals surface area contributed by atoms with Crippen LogP contribution in [0.1, 0.15) is 21.5 Å². The number of carbonyl (C=O) groups is 2. The molecule has 2 rings (SSSR count). The van der Waals surface area contributed by atoms with E-state index >= 15 is 0 Å². The maximum absolute atomic E-state index is 12.9. The Balaban J connectivity index is 2.20. The number of ether oxygens (including phenoxy) is 1. The minimum Gasteiger partial charge on any atom is -0.468 e. The van der Waals surface area contributed by atoms with Gasteiger partial charge in [-0.15, -0.1) is 0 Å². The molecule has 0 heterocycles. The summed E-state index contributed by atoms with van der Waals surface area (Å²) in [6.45, 7) is 2.86. The van der Waals surface area contributed by atoms with Crippen LogP contribution in [0, 0.1) is 13.8 Å². The second-order valence-electron chi connectivity index (χ2n) is 6.03. The van der Waals surface area contributed by atoms with E-state index in [9.17, 15) is 18.0 Å².